The lowest BCUT2D eigenvalue weighted by Gasteiger charge is -2.09. The monoisotopic (exact) mass is 279 g/mol. The molecular formula is C18H14FNO. The second kappa shape index (κ2) is 6.18. The van der Waals surface area contributed by atoms with Gasteiger partial charge < -0.3 is 4.74 Å². The number of rotatable bonds is 4. The predicted molar refractivity (Wildman–Crippen MR) is 80.4 cm³/mol. The summed E-state index contributed by atoms with van der Waals surface area (Å²) in [6.45, 7) is 0.417. The summed E-state index contributed by atoms with van der Waals surface area (Å²) in [4.78, 5) is 3.97. The van der Waals surface area contributed by atoms with Gasteiger partial charge in [0.05, 0.1) is 0 Å². The van der Waals surface area contributed by atoms with E-state index >= 15 is 0 Å². The van der Waals surface area contributed by atoms with E-state index in [2.05, 4.69) is 4.98 Å². The van der Waals surface area contributed by atoms with Gasteiger partial charge in [0.15, 0.2) is 0 Å². The van der Waals surface area contributed by atoms with Crippen LogP contribution in [-0.2, 0) is 6.61 Å². The maximum Gasteiger partial charge on any atom is 0.127 e. The number of hydrogen-bond donors (Lipinski definition) is 0. The molecule has 3 heteroatoms. The van der Waals surface area contributed by atoms with Crippen LogP contribution < -0.4 is 4.74 Å². The van der Waals surface area contributed by atoms with E-state index in [-0.39, 0.29) is 5.82 Å². The molecule has 0 N–H and O–H groups in total. The summed E-state index contributed by atoms with van der Waals surface area (Å²) in [5.41, 5.74) is 2.74. The highest BCUT2D eigenvalue weighted by Crippen LogP contribution is 2.25. The third-order valence-corrected chi connectivity index (χ3v) is 3.13. The fraction of sp³-hybridized carbons (Fsp3) is 0.0556. The molecule has 0 fully saturated rings. The molecule has 104 valence electrons. The Morgan fingerprint density at radius 1 is 0.857 bits per heavy atom. The molecule has 2 aromatic carbocycles. The minimum Gasteiger partial charge on any atom is -0.489 e. The first-order valence-electron chi connectivity index (χ1n) is 6.69. The summed E-state index contributed by atoms with van der Waals surface area (Å²) in [7, 11) is 0. The number of ether oxygens (including phenoxy) is 1. The first-order valence-corrected chi connectivity index (χ1v) is 6.69. The molecule has 1 aromatic heterocycles. The van der Waals surface area contributed by atoms with Gasteiger partial charge in [-0.25, -0.2) is 4.39 Å². The lowest BCUT2D eigenvalue weighted by molar-refractivity contribution is 0.305. The number of pyridine rings is 1. The fourth-order valence-corrected chi connectivity index (χ4v) is 2.10. The molecule has 3 rings (SSSR count). The fourth-order valence-electron chi connectivity index (χ4n) is 2.10. The van der Waals surface area contributed by atoms with E-state index in [9.17, 15) is 4.39 Å². The maximum absolute atomic E-state index is 13.7. The SMILES string of the molecule is Fc1cc(OCc2ccccc2)cc(-c2ccncc2)c1. The van der Waals surface area contributed by atoms with Crippen LogP contribution in [0, 0.1) is 5.82 Å². The lowest BCUT2D eigenvalue weighted by Crippen LogP contribution is -1.96. The van der Waals surface area contributed by atoms with E-state index in [1.807, 2.05) is 48.5 Å². The lowest BCUT2D eigenvalue weighted by atomic mass is 10.1. The summed E-state index contributed by atoms with van der Waals surface area (Å²) in [5, 5.41) is 0. The van der Waals surface area contributed by atoms with Gasteiger partial charge in [0.25, 0.3) is 0 Å². The van der Waals surface area contributed by atoms with E-state index < -0.39 is 0 Å². The van der Waals surface area contributed by atoms with Crippen molar-refractivity contribution in [2.45, 2.75) is 6.61 Å². The number of nitrogens with zero attached hydrogens (tertiary/aromatic N) is 1. The number of hydrogen-bond acceptors (Lipinski definition) is 2. The van der Waals surface area contributed by atoms with Gasteiger partial charge in [-0.3, -0.25) is 4.98 Å². The molecule has 0 aliphatic carbocycles. The Morgan fingerprint density at radius 3 is 2.38 bits per heavy atom. The summed E-state index contributed by atoms with van der Waals surface area (Å²) in [5.74, 6) is 0.207. The van der Waals surface area contributed by atoms with E-state index in [1.54, 1.807) is 12.4 Å². The predicted octanol–water partition coefficient (Wildman–Crippen LogP) is 4.47. The van der Waals surface area contributed by atoms with Crippen molar-refractivity contribution in [2.75, 3.05) is 0 Å². The Bertz CT molecular complexity index is 714. The molecule has 2 nitrogen and oxygen atoms in total. The largest absolute Gasteiger partial charge is 0.489 e. The zero-order chi connectivity index (χ0) is 14.5. The van der Waals surface area contributed by atoms with Gasteiger partial charge in [-0.1, -0.05) is 30.3 Å². The Kier molecular flexibility index (Phi) is 3.92. The van der Waals surface area contributed by atoms with Crippen LogP contribution in [0.1, 0.15) is 5.56 Å². The van der Waals surface area contributed by atoms with Crippen LogP contribution in [-0.4, -0.2) is 4.98 Å². The summed E-state index contributed by atoms with van der Waals surface area (Å²) in [6.07, 6.45) is 3.37. The standard InChI is InChI=1S/C18H14FNO/c19-17-10-16(15-6-8-20-9-7-15)11-18(12-17)21-13-14-4-2-1-3-5-14/h1-12H,13H2. The van der Waals surface area contributed by atoms with Crippen LogP contribution in [0.25, 0.3) is 11.1 Å². The van der Waals surface area contributed by atoms with Gasteiger partial charge in [-0.15, -0.1) is 0 Å². The van der Waals surface area contributed by atoms with Gasteiger partial charge in [0.1, 0.15) is 18.2 Å². The highest BCUT2D eigenvalue weighted by Gasteiger charge is 2.04. The molecule has 1 heterocycles. The highest BCUT2D eigenvalue weighted by molar-refractivity contribution is 5.64. The molecule has 0 amide bonds. The topological polar surface area (TPSA) is 22.1 Å². The molecule has 0 bridgehead atoms. The van der Waals surface area contributed by atoms with Crippen LogP contribution in [0.4, 0.5) is 4.39 Å². The van der Waals surface area contributed by atoms with E-state index in [0.29, 0.717) is 12.4 Å². The van der Waals surface area contributed by atoms with E-state index in [0.717, 1.165) is 16.7 Å². The van der Waals surface area contributed by atoms with Crippen molar-refractivity contribution in [1.29, 1.82) is 0 Å². The molecular weight excluding hydrogens is 265 g/mol. The van der Waals surface area contributed by atoms with Gasteiger partial charge in [-0.2, -0.15) is 0 Å². The molecule has 0 spiro atoms. The first-order chi connectivity index (χ1) is 10.3. The Hall–Kier alpha value is -2.68. The Balaban J connectivity index is 1.82. The van der Waals surface area contributed by atoms with E-state index in [4.69, 9.17) is 4.74 Å². The summed E-state index contributed by atoms with van der Waals surface area (Å²) in [6, 6.07) is 18.2. The second-order valence-corrected chi connectivity index (χ2v) is 4.69. The average Bonchev–Trinajstić information content (AvgIpc) is 2.54. The minimum atomic E-state index is -0.313. The molecule has 0 unspecified atom stereocenters. The van der Waals surface area contributed by atoms with Crippen molar-refractivity contribution in [1.82, 2.24) is 4.98 Å². The number of aromatic nitrogens is 1. The van der Waals surface area contributed by atoms with Crippen molar-refractivity contribution >= 4 is 0 Å². The maximum atomic E-state index is 13.7. The first kappa shape index (κ1) is 13.3. The van der Waals surface area contributed by atoms with Crippen LogP contribution in [0.2, 0.25) is 0 Å². The average molecular weight is 279 g/mol. The summed E-state index contributed by atoms with van der Waals surface area (Å²) < 4.78 is 19.4. The highest BCUT2D eigenvalue weighted by atomic mass is 19.1. The normalized spacial score (nSPS) is 10.3. The van der Waals surface area contributed by atoms with Crippen molar-refractivity contribution in [2.24, 2.45) is 0 Å². The van der Waals surface area contributed by atoms with Crippen LogP contribution >= 0.6 is 0 Å². The molecule has 21 heavy (non-hydrogen) atoms. The minimum absolute atomic E-state index is 0.313. The van der Waals surface area contributed by atoms with Crippen LogP contribution in [0.5, 0.6) is 5.75 Å². The molecule has 3 aromatic rings. The van der Waals surface area contributed by atoms with Crippen molar-refractivity contribution in [3.8, 4) is 16.9 Å². The third kappa shape index (κ3) is 3.45. The van der Waals surface area contributed by atoms with Gasteiger partial charge in [0.2, 0.25) is 0 Å². The van der Waals surface area contributed by atoms with Gasteiger partial charge in [-0.05, 0) is 41.0 Å². The van der Waals surface area contributed by atoms with Crippen LogP contribution in [0.15, 0.2) is 73.1 Å². The van der Waals surface area contributed by atoms with Gasteiger partial charge >= 0.3 is 0 Å². The Labute approximate surface area is 122 Å². The van der Waals surface area contributed by atoms with Gasteiger partial charge in [0, 0.05) is 18.5 Å². The van der Waals surface area contributed by atoms with Crippen molar-refractivity contribution in [3.63, 3.8) is 0 Å². The second-order valence-electron chi connectivity index (χ2n) is 4.69. The molecule has 0 atom stereocenters. The molecule has 0 aliphatic rings. The molecule has 0 aliphatic heterocycles. The number of benzene rings is 2. The zero-order valence-corrected chi connectivity index (χ0v) is 11.4. The quantitative estimate of drug-likeness (QED) is 0.703. The smallest absolute Gasteiger partial charge is 0.127 e. The Morgan fingerprint density at radius 2 is 1.62 bits per heavy atom. The molecule has 0 radical (unpaired) electrons. The summed E-state index contributed by atoms with van der Waals surface area (Å²) >= 11 is 0. The zero-order valence-electron chi connectivity index (χ0n) is 11.4. The van der Waals surface area contributed by atoms with E-state index in [1.165, 1.54) is 12.1 Å². The molecule has 0 saturated carbocycles. The van der Waals surface area contributed by atoms with Crippen molar-refractivity contribution in [3.05, 3.63) is 84.4 Å². The number of halogens is 1. The van der Waals surface area contributed by atoms with Crippen molar-refractivity contribution < 1.29 is 9.13 Å². The van der Waals surface area contributed by atoms with Crippen LogP contribution in [0.3, 0.4) is 0 Å². The molecule has 0 saturated heterocycles. The third-order valence-electron chi connectivity index (χ3n) is 3.13.